The Labute approximate surface area is 148 Å². The minimum Gasteiger partial charge on any atom is -0.458 e. The maximum absolute atomic E-state index is 12.7. The molecule has 0 saturated heterocycles. The van der Waals surface area contributed by atoms with Gasteiger partial charge in [0.2, 0.25) is 0 Å². The van der Waals surface area contributed by atoms with Gasteiger partial charge < -0.3 is 4.74 Å². The Balaban J connectivity index is 1.57. The van der Waals surface area contributed by atoms with Gasteiger partial charge in [-0.15, -0.1) is 0 Å². The highest BCUT2D eigenvalue weighted by molar-refractivity contribution is 14.1. The minimum atomic E-state index is -0.365. The molecule has 8 atom stereocenters. The van der Waals surface area contributed by atoms with E-state index in [1.165, 1.54) is 25.7 Å². The van der Waals surface area contributed by atoms with Gasteiger partial charge in [-0.1, -0.05) is 36.4 Å². The third-order valence-corrected chi connectivity index (χ3v) is 9.14. The molecule has 4 aliphatic carbocycles. The predicted octanol–water partition coefficient (Wildman–Crippen LogP) is 4.98. The summed E-state index contributed by atoms with van der Waals surface area (Å²) >= 11 is 2.28. The standard InChI is InChI=1S/C19H29IO2/c1-4-18(3,20)17(21)22-19(5-2)10-12-9-15(19)16-13-7-6-11(13)8-14(12)16/h11-16H,4-10H2,1-3H3. The number of carbonyl (C=O) groups excluding carboxylic acids is 1. The van der Waals surface area contributed by atoms with Crippen LogP contribution in [0.3, 0.4) is 0 Å². The summed E-state index contributed by atoms with van der Waals surface area (Å²) in [5.41, 5.74) is -0.130. The van der Waals surface area contributed by atoms with Crippen molar-refractivity contribution in [2.75, 3.05) is 0 Å². The van der Waals surface area contributed by atoms with Gasteiger partial charge in [0.1, 0.15) is 9.02 Å². The average Bonchev–Trinajstić information content (AvgIpc) is 3.07. The maximum atomic E-state index is 12.7. The van der Waals surface area contributed by atoms with Crippen LogP contribution in [0.1, 0.15) is 65.7 Å². The van der Waals surface area contributed by atoms with Crippen LogP contribution in [0.4, 0.5) is 0 Å². The van der Waals surface area contributed by atoms with E-state index in [9.17, 15) is 4.79 Å². The zero-order valence-corrected chi connectivity index (χ0v) is 16.3. The summed E-state index contributed by atoms with van der Waals surface area (Å²) in [6.45, 7) is 6.35. The third-order valence-electron chi connectivity index (χ3n) is 7.93. The molecular formula is C19H29IO2. The Hall–Kier alpha value is 0.200. The second kappa shape index (κ2) is 5.10. The smallest absolute Gasteiger partial charge is 0.322 e. The van der Waals surface area contributed by atoms with Gasteiger partial charge in [-0.3, -0.25) is 4.79 Å². The predicted molar refractivity (Wildman–Crippen MR) is 95.9 cm³/mol. The number of alkyl halides is 1. The van der Waals surface area contributed by atoms with Crippen LogP contribution in [0.2, 0.25) is 0 Å². The van der Waals surface area contributed by atoms with E-state index in [4.69, 9.17) is 4.74 Å². The molecule has 124 valence electrons. The monoisotopic (exact) mass is 416 g/mol. The number of carbonyl (C=O) groups is 1. The molecule has 22 heavy (non-hydrogen) atoms. The second-order valence-corrected chi connectivity index (χ2v) is 11.0. The molecule has 0 aromatic rings. The molecular weight excluding hydrogens is 387 g/mol. The first-order valence-corrected chi connectivity index (χ1v) is 10.4. The number of hydrogen-bond acceptors (Lipinski definition) is 2. The number of esters is 1. The van der Waals surface area contributed by atoms with Gasteiger partial charge >= 0.3 is 5.97 Å². The van der Waals surface area contributed by atoms with Gasteiger partial charge in [0.05, 0.1) is 0 Å². The Morgan fingerprint density at radius 3 is 2.59 bits per heavy atom. The topological polar surface area (TPSA) is 26.3 Å². The van der Waals surface area contributed by atoms with Crippen LogP contribution in [-0.4, -0.2) is 15.0 Å². The van der Waals surface area contributed by atoms with Crippen molar-refractivity contribution in [3.63, 3.8) is 0 Å². The first-order chi connectivity index (χ1) is 10.4. The first-order valence-electron chi connectivity index (χ1n) is 9.34. The van der Waals surface area contributed by atoms with Gasteiger partial charge in [-0.25, -0.2) is 0 Å². The molecule has 0 radical (unpaired) electrons. The molecule has 4 aliphatic rings. The van der Waals surface area contributed by atoms with Crippen molar-refractivity contribution in [2.24, 2.45) is 35.5 Å². The lowest BCUT2D eigenvalue weighted by atomic mass is 9.64. The lowest BCUT2D eigenvalue weighted by Gasteiger charge is -2.46. The minimum absolute atomic E-state index is 0.0321. The fourth-order valence-corrected chi connectivity index (χ4v) is 6.52. The third kappa shape index (κ3) is 1.99. The lowest BCUT2D eigenvalue weighted by molar-refractivity contribution is -0.174. The number of halogens is 1. The molecule has 8 unspecified atom stereocenters. The molecule has 2 nitrogen and oxygen atoms in total. The molecule has 0 aliphatic heterocycles. The van der Waals surface area contributed by atoms with Crippen molar-refractivity contribution >= 4 is 28.6 Å². The number of ether oxygens (including phenoxy) is 1. The summed E-state index contributed by atoms with van der Waals surface area (Å²) in [7, 11) is 0. The van der Waals surface area contributed by atoms with Crippen molar-refractivity contribution in [2.45, 2.75) is 74.7 Å². The Bertz CT molecular complexity index is 488. The summed E-state index contributed by atoms with van der Waals surface area (Å²) in [6.07, 6.45) is 8.75. The maximum Gasteiger partial charge on any atom is 0.322 e. The van der Waals surface area contributed by atoms with Crippen LogP contribution in [0.5, 0.6) is 0 Å². The second-order valence-electron chi connectivity index (χ2n) is 8.64. The van der Waals surface area contributed by atoms with Crippen molar-refractivity contribution < 1.29 is 9.53 Å². The molecule has 4 saturated carbocycles. The van der Waals surface area contributed by atoms with Crippen molar-refractivity contribution in [1.82, 2.24) is 0 Å². The van der Waals surface area contributed by atoms with E-state index in [1.807, 2.05) is 6.92 Å². The SMILES string of the molecule is CCC(C)(I)C(=O)OC1(CC)CC2CC1C1C3CCC3CC21. The first kappa shape index (κ1) is 15.7. The fourth-order valence-electron chi connectivity index (χ4n) is 6.41. The summed E-state index contributed by atoms with van der Waals surface area (Å²) in [4.78, 5) is 12.7. The molecule has 0 aromatic carbocycles. The van der Waals surface area contributed by atoms with E-state index in [-0.39, 0.29) is 15.0 Å². The van der Waals surface area contributed by atoms with E-state index in [1.54, 1.807) is 0 Å². The number of hydrogen-bond donors (Lipinski definition) is 0. The number of fused-ring (bicyclic) bond motifs is 7. The highest BCUT2D eigenvalue weighted by Gasteiger charge is 2.67. The molecule has 4 fully saturated rings. The zero-order valence-electron chi connectivity index (χ0n) is 14.1. The molecule has 3 heteroatoms. The summed E-state index contributed by atoms with van der Waals surface area (Å²) < 4.78 is 5.94. The normalized spacial score (nSPS) is 50.9. The van der Waals surface area contributed by atoms with Crippen molar-refractivity contribution in [1.29, 1.82) is 0 Å². The molecule has 0 spiro atoms. The lowest BCUT2D eigenvalue weighted by Crippen LogP contribution is -2.49. The van der Waals surface area contributed by atoms with Crippen LogP contribution in [-0.2, 0) is 9.53 Å². The quantitative estimate of drug-likeness (QED) is 0.367. The van der Waals surface area contributed by atoms with Gasteiger partial charge in [0.25, 0.3) is 0 Å². The van der Waals surface area contributed by atoms with Gasteiger partial charge in [0, 0.05) is 5.92 Å². The largest absolute Gasteiger partial charge is 0.458 e. The van der Waals surface area contributed by atoms with E-state index in [2.05, 4.69) is 36.4 Å². The summed E-state index contributed by atoms with van der Waals surface area (Å²) in [5.74, 6) is 5.39. The van der Waals surface area contributed by atoms with Gasteiger partial charge in [0.15, 0.2) is 0 Å². The number of rotatable bonds is 4. The van der Waals surface area contributed by atoms with E-state index in [0.717, 1.165) is 48.9 Å². The molecule has 0 heterocycles. The van der Waals surface area contributed by atoms with Gasteiger partial charge in [-0.2, -0.15) is 0 Å². The Kier molecular flexibility index (Phi) is 3.64. The van der Waals surface area contributed by atoms with E-state index >= 15 is 0 Å². The van der Waals surface area contributed by atoms with E-state index in [0.29, 0.717) is 5.92 Å². The van der Waals surface area contributed by atoms with Crippen molar-refractivity contribution in [3.05, 3.63) is 0 Å². The average molecular weight is 416 g/mol. The molecule has 0 N–H and O–H groups in total. The molecule has 0 aromatic heterocycles. The van der Waals surface area contributed by atoms with Crippen molar-refractivity contribution in [3.8, 4) is 0 Å². The van der Waals surface area contributed by atoms with Crippen LogP contribution in [0, 0.1) is 35.5 Å². The Morgan fingerprint density at radius 2 is 2.00 bits per heavy atom. The van der Waals surface area contributed by atoms with Crippen LogP contribution >= 0.6 is 22.6 Å². The molecule has 4 rings (SSSR count). The molecule has 0 amide bonds. The zero-order chi connectivity index (χ0) is 15.7. The highest BCUT2D eigenvalue weighted by atomic mass is 127. The van der Waals surface area contributed by atoms with Crippen LogP contribution in [0.25, 0.3) is 0 Å². The molecule has 2 bridgehead atoms. The fraction of sp³-hybridized carbons (Fsp3) is 0.947. The highest BCUT2D eigenvalue weighted by Crippen LogP contribution is 2.70. The van der Waals surface area contributed by atoms with Gasteiger partial charge in [-0.05, 0) is 81.5 Å². The van der Waals surface area contributed by atoms with Crippen LogP contribution < -0.4 is 0 Å². The van der Waals surface area contributed by atoms with Crippen LogP contribution in [0.15, 0.2) is 0 Å². The Morgan fingerprint density at radius 1 is 1.23 bits per heavy atom. The summed E-state index contributed by atoms with van der Waals surface area (Å²) in [6, 6.07) is 0. The summed E-state index contributed by atoms with van der Waals surface area (Å²) in [5, 5.41) is 0. The van der Waals surface area contributed by atoms with E-state index < -0.39 is 0 Å².